The molecule has 0 spiro atoms. The molecule has 2 rings (SSSR count). The molecule has 5 nitrogen and oxygen atoms in total. The zero-order chi connectivity index (χ0) is 19.3. The molecule has 0 saturated carbocycles. The molecule has 0 aliphatic carbocycles. The van der Waals surface area contributed by atoms with Gasteiger partial charge in [0.1, 0.15) is 5.75 Å². The third kappa shape index (κ3) is 5.09. The van der Waals surface area contributed by atoms with E-state index in [0.29, 0.717) is 17.0 Å². The van der Waals surface area contributed by atoms with E-state index in [1.54, 1.807) is 38.4 Å². The molecule has 26 heavy (non-hydrogen) atoms. The predicted molar refractivity (Wildman–Crippen MR) is 104 cm³/mol. The topological polar surface area (TPSA) is 58.6 Å². The van der Waals surface area contributed by atoms with Gasteiger partial charge in [-0.25, -0.2) is 0 Å². The Balaban J connectivity index is 2.03. The third-order valence-corrected chi connectivity index (χ3v) is 3.85. The Morgan fingerprint density at radius 3 is 2.38 bits per heavy atom. The molecule has 2 amide bonds. The van der Waals surface area contributed by atoms with Crippen LogP contribution in [-0.4, -0.2) is 37.4 Å². The summed E-state index contributed by atoms with van der Waals surface area (Å²) >= 11 is 0. The Labute approximate surface area is 155 Å². The second kappa shape index (κ2) is 8.04. The van der Waals surface area contributed by atoms with Gasteiger partial charge in [-0.05, 0) is 35.2 Å². The zero-order valence-electron chi connectivity index (χ0n) is 16.0. The first-order valence-electron chi connectivity index (χ1n) is 8.52. The minimum atomic E-state index is -0.275. The first kappa shape index (κ1) is 19.5. The van der Waals surface area contributed by atoms with E-state index < -0.39 is 0 Å². The van der Waals surface area contributed by atoms with Crippen molar-refractivity contribution in [3.63, 3.8) is 0 Å². The number of nitrogens with zero attached hydrogens (tertiary/aromatic N) is 1. The van der Waals surface area contributed by atoms with Crippen LogP contribution >= 0.6 is 0 Å². The van der Waals surface area contributed by atoms with Gasteiger partial charge in [0.05, 0.1) is 0 Å². The zero-order valence-corrected chi connectivity index (χ0v) is 16.0. The number of carbonyl (C=O) groups is 2. The SMILES string of the molecule is CN(C)C(=O)c1cccc(NC(=O)COc2ccccc2C(C)(C)C)c1. The molecular formula is C21H26N2O3. The molecule has 2 aromatic carbocycles. The van der Waals surface area contributed by atoms with Crippen molar-refractivity contribution in [2.45, 2.75) is 26.2 Å². The number of benzene rings is 2. The highest BCUT2D eigenvalue weighted by molar-refractivity contribution is 5.97. The summed E-state index contributed by atoms with van der Waals surface area (Å²) in [5.74, 6) is 0.311. The van der Waals surface area contributed by atoms with Crippen LogP contribution in [0.3, 0.4) is 0 Å². The summed E-state index contributed by atoms with van der Waals surface area (Å²) in [7, 11) is 3.38. The van der Waals surface area contributed by atoms with Crippen molar-refractivity contribution < 1.29 is 14.3 Å². The molecule has 0 aromatic heterocycles. The van der Waals surface area contributed by atoms with Crippen LogP contribution < -0.4 is 10.1 Å². The number of nitrogens with one attached hydrogen (secondary N) is 1. The molecule has 0 aliphatic heterocycles. The lowest BCUT2D eigenvalue weighted by Crippen LogP contribution is -2.23. The Bertz CT molecular complexity index is 792. The first-order valence-corrected chi connectivity index (χ1v) is 8.52. The fraction of sp³-hybridized carbons (Fsp3) is 0.333. The summed E-state index contributed by atoms with van der Waals surface area (Å²) in [6.45, 7) is 6.20. The molecule has 138 valence electrons. The largest absolute Gasteiger partial charge is 0.483 e. The number of ether oxygens (including phenoxy) is 1. The van der Waals surface area contributed by atoms with Crippen LogP contribution in [0.5, 0.6) is 5.75 Å². The lowest BCUT2D eigenvalue weighted by Gasteiger charge is -2.22. The normalized spacial score (nSPS) is 11.0. The van der Waals surface area contributed by atoms with E-state index in [4.69, 9.17) is 4.74 Å². The van der Waals surface area contributed by atoms with Crippen molar-refractivity contribution in [1.29, 1.82) is 0 Å². The molecule has 1 N–H and O–H groups in total. The van der Waals surface area contributed by atoms with Crippen LogP contribution in [0.1, 0.15) is 36.7 Å². The Hall–Kier alpha value is -2.82. The maximum atomic E-state index is 12.2. The highest BCUT2D eigenvalue weighted by Crippen LogP contribution is 2.30. The molecule has 0 atom stereocenters. The fourth-order valence-corrected chi connectivity index (χ4v) is 2.54. The van der Waals surface area contributed by atoms with E-state index in [-0.39, 0.29) is 23.8 Å². The molecule has 0 saturated heterocycles. The number of amides is 2. The highest BCUT2D eigenvalue weighted by Gasteiger charge is 2.19. The standard InChI is InChI=1S/C21H26N2O3/c1-21(2,3)17-11-6-7-12-18(17)26-14-19(24)22-16-10-8-9-15(13-16)20(25)23(4)5/h6-13H,14H2,1-5H3,(H,22,24). The summed E-state index contributed by atoms with van der Waals surface area (Å²) in [5.41, 5.74) is 2.06. The van der Waals surface area contributed by atoms with Crippen LogP contribution in [0.2, 0.25) is 0 Å². The number of hydrogen-bond donors (Lipinski definition) is 1. The molecule has 5 heteroatoms. The monoisotopic (exact) mass is 354 g/mol. The van der Waals surface area contributed by atoms with Crippen molar-refractivity contribution in [3.8, 4) is 5.75 Å². The van der Waals surface area contributed by atoms with Gasteiger partial charge in [-0.15, -0.1) is 0 Å². The first-order chi connectivity index (χ1) is 12.2. The highest BCUT2D eigenvalue weighted by atomic mass is 16.5. The van der Waals surface area contributed by atoms with Crippen molar-refractivity contribution in [1.82, 2.24) is 4.90 Å². The van der Waals surface area contributed by atoms with Gasteiger partial charge in [-0.3, -0.25) is 9.59 Å². The van der Waals surface area contributed by atoms with Crippen LogP contribution in [0.15, 0.2) is 48.5 Å². The third-order valence-electron chi connectivity index (χ3n) is 3.85. The Morgan fingerprint density at radius 2 is 1.73 bits per heavy atom. The van der Waals surface area contributed by atoms with Gasteiger partial charge in [0.25, 0.3) is 11.8 Å². The summed E-state index contributed by atoms with van der Waals surface area (Å²) in [4.78, 5) is 25.7. The van der Waals surface area contributed by atoms with Crippen LogP contribution in [0.25, 0.3) is 0 Å². The molecule has 0 radical (unpaired) electrons. The second-order valence-electron chi connectivity index (χ2n) is 7.36. The summed E-state index contributed by atoms with van der Waals surface area (Å²) in [6.07, 6.45) is 0. The lowest BCUT2D eigenvalue weighted by molar-refractivity contribution is -0.118. The molecule has 2 aromatic rings. The van der Waals surface area contributed by atoms with Crippen molar-refractivity contribution in [2.24, 2.45) is 0 Å². The molecule has 0 heterocycles. The lowest BCUT2D eigenvalue weighted by atomic mass is 9.86. The maximum absolute atomic E-state index is 12.2. The summed E-state index contributed by atoms with van der Waals surface area (Å²) < 4.78 is 5.73. The molecule has 0 unspecified atom stereocenters. The van der Waals surface area contributed by atoms with Gasteiger partial charge >= 0.3 is 0 Å². The number of hydrogen-bond acceptors (Lipinski definition) is 3. The van der Waals surface area contributed by atoms with Gasteiger partial charge in [-0.1, -0.05) is 45.0 Å². The number of anilines is 1. The van der Waals surface area contributed by atoms with Crippen LogP contribution in [-0.2, 0) is 10.2 Å². The van der Waals surface area contributed by atoms with E-state index in [1.165, 1.54) is 4.90 Å². The number of carbonyl (C=O) groups excluding carboxylic acids is 2. The van der Waals surface area contributed by atoms with E-state index in [9.17, 15) is 9.59 Å². The smallest absolute Gasteiger partial charge is 0.262 e. The van der Waals surface area contributed by atoms with Gasteiger partial charge in [0.2, 0.25) is 0 Å². The van der Waals surface area contributed by atoms with E-state index in [1.807, 2.05) is 24.3 Å². The van der Waals surface area contributed by atoms with E-state index in [0.717, 1.165) is 5.56 Å². The molecule has 0 fully saturated rings. The molecular weight excluding hydrogens is 328 g/mol. The average Bonchev–Trinajstić information content (AvgIpc) is 2.59. The minimum Gasteiger partial charge on any atom is -0.483 e. The maximum Gasteiger partial charge on any atom is 0.262 e. The Morgan fingerprint density at radius 1 is 1.04 bits per heavy atom. The van der Waals surface area contributed by atoms with Crippen molar-refractivity contribution in [2.75, 3.05) is 26.0 Å². The van der Waals surface area contributed by atoms with Gasteiger partial charge in [0, 0.05) is 25.3 Å². The van der Waals surface area contributed by atoms with E-state index >= 15 is 0 Å². The van der Waals surface area contributed by atoms with Gasteiger partial charge in [-0.2, -0.15) is 0 Å². The van der Waals surface area contributed by atoms with Crippen molar-refractivity contribution >= 4 is 17.5 Å². The van der Waals surface area contributed by atoms with Gasteiger partial charge < -0.3 is 15.0 Å². The van der Waals surface area contributed by atoms with E-state index in [2.05, 4.69) is 26.1 Å². The van der Waals surface area contributed by atoms with Crippen molar-refractivity contribution in [3.05, 3.63) is 59.7 Å². The number of para-hydroxylation sites is 1. The predicted octanol–water partition coefficient (Wildman–Crippen LogP) is 3.70. The molecule has 0 bridgehead atoms. The summed E-state index contributed by atoms with van der Waals surface area (Å²) in [5, 5.41) is 2.77. The fourth-order valence-electron chi connectivity index (χ4n) is 2.54. The van der Waals surface area contributed by atoms with Gasteiger partial charge in [0.15, 0.2) is 6.61 Å². The van der Waals surface area contributed by atoms with Crippen LogP contribution in [0.4, 0.5) is 5.69 Å². The quantitative estimate of drug-likeness (QED) is 0.891. The number of rotatable bonds is 5. The Kier molecular flexibility index (Phi) is 6.03. The van der Waals surface area contributed by atoms with Crippen LogP contribution in [0, 0.1) is 0 Å². The molecule has 0 aliphatic rings. The summed E-state index contributed by atoms with van der Waals surface area (Å²) in [6, 6.07) is 14.6. The average molecular weight is 354 g/mol. The minimum absolute atomic E-state index is 0.0755. The second-order valence-corrected chi connectivity index (χ2v) is 7.36.